The van der Waals surface area contributed by atoms with Gasteiger partial charge in [-0.25, -0.2) is 0 Å². The van der Waals surface area contributed by atoms with Crippen molar-refractivity contribution >= 4 is 34.4 Å². The fraction of sp³-hybridized carbons (Fsp3) is 0.348. The van der Waals surface area contributed by atoms with Gasteiger partial charge in [-0.1, -0.05) is 73.6 Å². The summed E-state index contributed by atoms with van der Waals surface area (Å²) < 4.78 is 0. The predicted molar refractivity (Wildman–Crippen MR) is 120 cm³/mol. The van der Waals surface area contributed by atoms with Gasteiger partial charge >= 0.3 is 0 Å². The van der Waals surface area contributed by atoms with Crippen LogP contribution in [0.2, 0.25) is 0 Å². The summed E-state index contributed by atoms with van der Waals surface area (Å²) in [5.74, 6) is 0.548. The van der Waals surface area contributed by atoms with Crippen LogP contribution in [-0.4, -0.2) is 29.3 Å². The number of benzene rings is 2. The summed E-state index contributed by atoms with van der Waals surface area (Å²) in [6.45, 7) is 6.42. The molecule has 29 heavy (non-hydrogen) atoms. The van der Waals surface area contributed by atoms with Gasteiger partial charge in [-0.3, -0.25) is 19.5 Å². The molecule has 1 heterocycles. The summed E-state index contributed by atoms with van der Waals surface area (Å²) >= 11 is 1.30. The van der Waals surface area contributed by atoms with Crippen molar-refractivity contribution in [1.82, 2.24) is 5.32 Å². The van der Waals surface area contributed by atoms with E-state index in [-0.39, 0.29) is 30.2 Å². The van der Waals surface area contributed by atoms with Gasteiger partial charge in [-0.05, 0) is 37.0 Å². The normalized spacial score (nSPS) is 14.8. The van der Waals surface area contributed by atoms with Gasteiger partial charge in [0.1, 0.15) is 6.54 Å². The maximum atomic E-state index is 12.6. The molecule has 0 spiro atoms. The molecule has 1 N–H and O–H groups in total. The highest BCUT2D eigenvalue weighted by atomic mass is 32.2. The van der Waals surface area contributed by atoms with E-state index in [1.54, 1.807) is 4.90 Å². The Kier molecular flexibility index (Phi) is 7.09. The molecule has 2 aromatic rings. The lowest BCUT2D eigenvalue weighted by atomic mass is 9.97. The molecule has 0 radical (unpaired) electrons. The van der Waals surface area contributed by atoms with E-state index in [0.717, 1.165) is 23.2 Å². The third kappa shape index (κ3) is 5.70. The topological polar surface area (TPSA) is 61.8 Å². The number of amidine groups is 1. The number of nitrogens with zero attached hydrogens (tertiary/aromatic N) is 2. The minimum absolute atomic E-state index is 0.0235. The Bertz CT molecular complexity index is 879. The van der Waals surface area contributed by atoms with Gasteiger partial charge in [0, 0.05) is 0 Å². The third-order valence-corrected chi connectivity index (χ3v) is 5.64. The number of amides is 2. The number of thioether (sulfide) groups is 1. The quantitative estimate of drug-likeness (QED) is 0.740. The summed E-state index contributed by atoms with van der Waals surface area (Å²) in [7, 11) is 0. The summed E-state index contributed by atoms with van der Waals surface area (Å²) in [4.78, 5) is 30.9. The molecular weight excluding hydrogens is 382 g/mol. The summed E-state index contributed by atoms with van der Waals surface area (Å²) in [6.07, 6.45) is 0.870. The lowest BCUT2D eigenvalue weighted by Gasteiger charge is -2.22. The van der Waals surface area contributed by atoms with Crippen molar-refractivity contribution in [2.75, 3.05) is 17.2 Å². The number of aliphatic imine (C=N–C) groups is 1. The predicted octanol–water partition coefficient (Wildman–Crippen LogP) is 4.33. The second kappa shape index (κ2) is 9.74. The molecule has 152 valence electrons. The van der Waals surface area contributed by atoms with Gasteiger partial charge in [-0.2, -0.15) is 0 Å². The van der Waals surface area contributed by atoms with Crippen molar-refractivity contribution in [1.29, 1.82) is 0 Å². The van der Waals surface area contributed by atoms with Crippen molar-refractivity contribution < 1.29 is 9.59 Å². The zero-order valence-corrected chi connectivity index (χ0v) is 17.9. The van der Waals surface area contributed by atoms with Crippen LogP contribution in [0.4, 0.5) is 5.69 Å². The monoisotopic (exact) mass is 409 g/mol. The van der Waals surface area contributed by atoms with E-state index in [1.807, 2.05) is 61.5 Å². The lowest BCUT2D eigenvalue weighted by molar-refractivity contribution is -0.119. The average molecular weight is 410 g/mol. The van der Waals surface area contributed by atoms with Crippen LogP contribution in [0.3, 0.4) is 0 Å². The molecule has 6 heteroatoms. The fourth-order valence-corrected chi connectivity index (χ4v) is 4.08. The first kappa shape index (κ1) is 21.1. The van der Waals surface area contributed by atoms with Crippen molar-refractivity contribution in [3.8, 4) is 0 Å². The molecular formula is C23H27N3O2S. The molecule has 1 aliphatic heterocycles. The molecule has 1 aliphatic rings. The van der Waals surface area contributed by atoms with Crippen LogP contribution < -0.4 is 10.2 Å². The number of carbonyl (C=O) groups is 2. The van der Waals surface area contributed by atoms with Crippen LogP contribution in [0.1, 0.15) is 37.4 Å². The molecule has 1 atom stereocenters. The van der Waals surface area contributed by atoms with Crippen LogP contribution >= 0.6 is 11.8 Å². The van der Waals surface area contributed by atoms with Gasteiger partial charge in [0.25, 0.3) is 5.91 Å². The first-order valence-corrected chi connectivity index (χ1v) is 10.8. The second-order valence-electron chi connectivity index (χ2n) is 7.61. The molecule has 2 aromatic carbocycles. The maximum Gasteiger partial charge on any atom is 0.254 e. The minimum atomic E-state index is -0.0706. The van der Waals surface area contributed by atoms with Gasteiger partial charge < -0.3 is 5.32 Å². The van der Waals surface area contributed by atoms with E-state index in [9.17, 15) is 9.59 Å². The minimum Gasteiger partial charge on any atom is -0.349 e. The van der Waals surface area contributed by atoms with Crippen molar-refractivity contribution in [2.24, 2.45) is 10.9 Å². The summed E-state index contributed by atoms with van der Waals surface area (Å²) in [5, 5.41) is 3.72. The Morgan fingerprint density at radius 2 is 1.83 bits per heavy atom. The lowest BCUT2D eigenvalue weighted by Crippen LogP contribution is -2.34. The van der Waals surface area contributed by atoms with E-state index >= 15 is 0 Å². The van der Waals surface area contributed by atoms with Gasteiger partial charge in [-0.15, -0.1) is 0 Å². The number of nitrogens with one attached hydrogen (secondary N) is 1. The average Bonchev–Trinajstić information content (AvgIpc) is 3.07. The molecule has 0 saturated carbocycles. The zero-order chi connectivity index (χ0) is 20.8. The van der Waals surface area contributed by atoms with Crippen LogP contribution in [-0.2, 0) is 9.59 Å². The number of rotatable bonds is 7. The number of carbonyl (C=O) groups excluding carboxylic acids is 2. The largest absolute Gasteiger partial charge is 0.349 e. The van der Waals surface area contributed by atoms with E-state index in [0.29, 0.717) is 11.1 Å². The standard InChI is InChI=1S/C23H27N3O2S/c1-16(2)13-20(18-7-5-4-6-8-18)25-21(27)15-29-23-24-14-22(28)26(23)19-11-9-17(3)10-12-19/h4-12,16,20H,13-15H2,1-3H3,(H,25,27)/t20-/m1/s1. The van der Waals surface area contributed by atoms with E-state index < -0.39 is 0 Å². The van der Waals surface area contributed by atoms with Crippen molar-refractivity contribution in [2.45, 2.75) is 33.2 Å². The number of hydrogen-bond donors (Lipinski definition) is 1. The van der Waals surface area contributed by atoms with Crippen LogP contribution in [0, 0.1) is 12.8 Å². The van der Waals surface area contributed by atoms with Gasteiger partial charge in [0.2, 0.25) is 5.91 Å². The molecule has 0 fully saturated rings. The van der Waals surface area contributed by atoms with Crippen molar-refractivity contribution in [3.05, 3.63) is 65.7 Å². The summed E-state index contributed by atoms with van der Waals surface area (Å²) in [5.41, 5.74) is 3.02. The smallest absolute Gasteiger partial charge is 0.254 e. The number of hydrogen-bond acceptors (Lipinski definition) is 4. The molecule has 0 aromatic heterocycles. The van der Waals surface area contributed by atoms with Crippen LogP contribution in [0.15, 0.2) is 59.6 Å². The highest BCUT2D eigenvalue weighted by Gasteiger charge is 2.28. The van der Waals surface area contributed by atoms with E-state index in [2.05, 4.69) is 24.2 Å². The van der Waals surface area contributed by atoms with Gasteiger partial charge in [0.15, 0.2) is 5.17 Å². The Balaban J connectivity index is 1.62. The Hall–Kier alpha value is -2.60. The molecule has 0 aliphatic carbocycles. The number of aryl methyl sites for hydroxylation is 1. The maximum absolute atomic E-state index is 12.6. The molecule has 0 bridgehead atoms. The van der Waals surface area contributed by atoms with E-state index in [4.69, 9.17) is 0 Å². The molecule has 5 nitrogen and oxygen atoms in total. The fourth-order valence-electron chi connectivity index (χ4n) is 3.24. The number of anilines is 1. The summed E-state index contributed by atoms with van der Waals surface area (Å²) in [6, 6.07) is 17.7. The van der Waals surface area contributed by atoms with Crippen LogP contribution in [0.5, 0.6) is 0 Å². The molecule has 0 saturated heterocycles. The van der Waals surface area contributed by atoms with E-state index in [1.165, 1.54) is 11.8 Å². The first-order chi connectivity index (χ1) is 13.9. The molecule has 2 amide bonds. The van der Waals surface area contributed by atoms with Crippen LogP contribution in [0.25, 0.3) is 0 Å². The molecule has 3 rings (SSSR count). The first-order valence-electron chi connectivity index (χ1n) is 9.85. The Labute approximate surface area is 176 Å². The second-order valence-corrected chi connectivity index (χ2v) is 8.56. The Morgan fingerprint density at radius 1 is 1.14 bits per heavy atom. The SMILES string of the molecule is Cc1ccc(N2C(=O)CN=C2SCC(=O)N[C@H](CC(C)C)c2ccccc2)cc1. The highest BCUT2D eigenvalue weighted by Crippen LogP contribution is 2.25. The van der Waals surface area contributed by atoms with Gasteiger partial charge in [0.05, 0.1) is 17.5 Å². The highest BCUT2D eigenvalue weighted by molar-refractivity contribution is 8.14. The van der Waals surface area contributed by atoms with Crippen molar-refractivity contribution in [3.63, 3.8) is 0 Å². The zero-order valence-electron chi connectivity index (χ0n) is 17.1. The molecule has 0 unspecified atom stereocenters. The third-order valence-electron chi connectivity index (χ3n) is 4.66. The Morgan fingerprint density at radius 3 is 2.48 bits per heavy atom.